The average molecular weight is 789 g/mol. The van der Waals surface area contributed by atoms with Gasteiger partial charge in [0.1, 0.15) is 0 Å². The van der Waals surface area contributed by atoms with Crippen LogP contribution >= 0.6 is 0 Å². The maximum atomic E-state index is 5.07. The van der Waals surface area contributed by atoms with E-state index in [0.717, 1.165) is 33.5 Å². The Balaban J connectivity index is 1.03. The molecular weight excluding hydrogens is 753 g/mol. The van der Waals surface area contributed by atoms with E-state index in [1.807, 2.05) is 60.7 Å². The van der Waals surface area contributed by atoms with E-state index in [4.69, 9.17) is 15.0 Å². The molecule has 9 aromatic carbocycles. The van der Waals surface area contributed by atoms with Gasteiger partial charge in [0, 0.05) is 33.2 Å². The molecule has 2 heterocycles. The predicted octanol–water partition coefficient (Wildman–Crippen LogP) is 14.0. The van der Waals surface area contributed by atoms with Crippen molar-refractivity contribution in [2.75, 3.05) is 0 Å². The summed E-state index contributed by atoms with van der Waals surface area (Å²) in [7, 11) is 0. The molecule has 2 aliphatic carbocycles. The smallest absolute Gasteiger partial charge is 0.164 e. The highest BCUT2D eigenvalue weighted by molar-refractivity contribution is 6.12. The molecule has 0 fully saturated rings. The fraction of sp³-hybridized carbons (Fsp3) is 0.0172. The predicted molar refractivity (Wildman–Crippen MR) is 252 cm³/mol. The Morgan fingerprint density at radius 3 is 1.48 bits per heavy atom. The van der Waals surface area contributed by atoms with E-state index in [1.54, 1.807) is 0 Å². The molecule has 1 atom stereocenters. The summed E-state index contributed by atoms with van der Waals surface area (Å²) in [5, 5.41) is 2.52. The molecule has 0 aliphatic heterocycles. The summed E-state index contributed by atoms with van der Waals surface area (Å²) in [6.07, 6.45) is 0. The van der Waals surface area contributed by atoms with Gasteiger partial charge in [0.2, 0.25) is 0 Å². The van der Waals surface area contributed by atoms with Gasteiger partial charge in [-0.05, 0) is 98.1 Å². The van der Waals surface area contributed by atoms with Crippen molar-refractivity contribution in [2.24, 2.45) is 0 Å². The van der Waals surface area contributed by atoms with E-state index in [2.05, 4.69) is 162 Å². The van der Waals surface area contributed by atoms with Gasteiger partial charge in [-0.15, -0.1) is 0 Å². The maximum Gasteiger partial charge on any atom is 0.164 e. The van der Waals surface area contributed by atoms with Gasteiger partial charge >= 0.3 is 0 Å². The summed E-state index contributed by atoms with van der Waals surface area (Å²) in [4.78, 5) is 15.1. The first-order valence-electron chi connectivity index (χ1n) is 21.2. The Labute approximate surface area is 359 Å². The summed E-state index contributed by atoms with van der Waals surface area (Å²) in [5.41, 5.74) is 18.5. The van der Waals surface area contributed by atoms with E-state index < -0.39 is 5.41 Å². The monoisotopic (exact) mass is 788 g/mol. The molecule has 2 aliphatic rings. The van der Waals surface area contributed by atoms with Crippen LogP contribution in [-0.4, -0.2) is 19.5 Å². The zero-order valence-corrected chi connectivity index (χ0v) is 33.6. The Morgan fingerprint density at radius 1 is 0.290 bits per heavy atom. The first-order chi connectivity index (χ1) is 30.7. The first kappa shape index (κ1) is 34.6. The van der Waals surface area contributed by atoms with Gasteiger partial charge in [-0.3, -0.25) is 0 Å². The summed E-state index contributed by atoms with van der Waals surface area (Å²) in [6, 6.07) is 78.8. The molecule has 288 valence electrons. The third-order valence-corrected chi connectivity index (χ3v) is 13.0. The Kier molecular flexibility index (Phi) is 7.49. The summed E-state index contributed by atoms with van der Waals surface area (Å²) >= 11 is 0. The van der Waals surface area contributed by atoms with E-state index in [-0.39, 0.29) is 0 Å². The minimum atomic E-state index is -0.527. The number of hydrogen-bond donors (Lipinski definition) is 0. The lowest BCUT2D eigenvalue weighted by Crippen LogP contribution is -2.26. The summed E-state index contributed by atoms with van der Waals surface area (Å²) in [6.45, 7) is 0. The van der Waals surface area contributed by atoms with Crippen LogP contribution in [0.4, 0.5) is 0 Å². The van der Waals surface area contributed by atoms with Crippen molar-refractivity contribution in [3.8, 4) is 73.2 Å². The van der Waals surface area contributed by atoms with Crippen molar-refractivity contribution < 1.29 is 0 Å². The zero-order valence-electron chi connectivity index (χ0n) is 33.6. The highest BCUT2D eigenvalue weighted by Gasteiger charge is 2.52. The van der Waals surface area contributed by atoms with Crippen molar-refractivity contribution in [3.63, 3.8) is 0 Å². The molecule has 0 saturated carbocycles. The molecule has 0 radical (unpaired) electrons. The van der Waals surface area contributed by atoms with E-state index in [1.165, 1.54) is 66.3 Å². The van der Waals surface area contributed by atoms with Crippen molar-refractivity contribution in [2.45, 2.75) is 5.41 Å². The van der Waals surface area contributed by atoms with Gasteiger partial charge in [0.25, 0.3) is 0 Å². The van der Waals surface area contributed by atoms with Gasteiger partial charge in [0.15, 0.2) is 17.5 Å². The van der Waals surface area contributed by atoms with Gasteiger partial charge in [-0.2, -0.15) is 0 Å². The molecule has 1 spiro atoms. The van der Waals surface area contributed by atoms with E-state index >= 15 is 0 Å². The SMILES string of the molecule is c1ccc(-c2nc(-c3ccccc3)nc(-c3cccc(-c4ccc5c(c4)C4(c6ccccc6-5)c5ccccc5-c5cc6c7ccccc7n(-c7ccccc7)c6cc54)c3)n2)cc1. The molecule has 4 nitrogen and oxygen atoms in total. The van der Waals surface area contributed by atoms with Crippen LogP contribution < -0.4 is 0 Å². The number of fused-ring (bicyclic) bond motifs is 13. The molecule has 13 rings (SSSR count). The van der Waals surface area contributed by atoms with Crippen LogP contribution in [0.3, 0.4) is 0 Å². The van der Waals surface area contributed by atoms with Crippen LogP contribution in [0.5, 0.6) is 0 Å². The molecular formula is C58H36N4. The second-order valence-electron chi connectivity index (χ2n) is 16.3. The minimum absolute atomic E-state index is 0.527. The summed E-state index contributed by atoms with van der Waals surface area (Å²) < 4.78 is 2.44. The highest BCUT2D eigenvalue weighted by atomic mass is 15.0. The number of nitrogens with zero attached hydrogens (tertiary/aromatic N) is 4. The first-order valence-corrected chi connectivity index (χ1v) is 21.2. The number of aromatic nitrogens is 4. The highest BCUT2D eigenvalue weighted by Crippen LogP contribution is 2.64. The molecule has 0 bridgehead atoms. The molecule has 11 aromatic rings. The van der Waals surface area contributed by atoms with Crippen LogP contribution in [0, 0.1) is 0 Å². The Hall–Kier alpha value is -8.21. The lowest BCUT2D eigenvalue weighted by molar-refractivity contribution is 0.794. The van der Waals surface area contributed by atoms with Gasteiger partial charge in [-0.1, -0.05) is 176 Å². The molecule has 1 unspecified atom stereocenters. The van der Waals surface area contributed by atoms with Crippen molar-refractivity contribution >= 4 is 21.8 Å². The quantitative estimate of drug-likeness (QED) is 0.174. The normalized spacial score (nSPS) is 14.5. The van der Waals surface area contributed by atoms with E-state index in [9.17, 15) is 0 Å². The summed E-state index contributed by atoms with van der Waals surface area (Å²) in [5.74, 6) is 1.94. The van der Waals surface area contributed by atoms with Gasteiger partial charge in [-0.25, -0.2) is 15.0 Å². The largest absolute Gasteiger partial charge is 0.309 e. The van der Waals surface area contributed by atoms with Crippen LogP contribution in [0.25, 0.3) is 95.0 Å². The molecule has 62 heavy (non-hydrogen) atoms. The minimum Gasteiger partial charge on any atom is -0.309 e. The third kappa shape index (κ3) is 4.98. The van der Waals surface area contributed by atoms with Crippen LogP contribution in [-0.2, 0) is 5.41 Å². The Bertz CT molecular complexity index is 3520. The van der Waals surface area contributed by atoms with Crippen molar-refractivity contribution in [1.82, 2.24) is 19.5 Å². The Morgan fingerprint density at radius 2 is 0.790 bits per heavy atom. The second-order valence-corrected chi connectivity index (χ2v) is 16.3. The maximum absolute atomic E-state index is 5.07. The number of para-hydroxylation sites is 2. The van der Waals surface area contributed by atoms with E-state index in [0.29, 0.717) is 17.5 Å². The molecule has 0 N–H and O–H groups in total. The molecule has 0 amide bonds. The standard InChI is InChI=1S/C58H36N4/c1-4-17-37(18-5-1)55-59-56(38-19-6-2-7-20-38)61-57(60-55)41-22-16-21-39(33-41)40-31-32-45-43-25-10-13-28-49(43)58(51(45)34-40)50-29-14-11-26-44(50)47-35-48-46-27-12-15-30-53(46)62(54(48)36-52(47)58)42-23-8-3-9-24-42/h1-36H. The second kappa shape index (κ2) is 13.4. The van der Waals surface area contributed by atoms with Gasteiger partial charge < -0.3 is 4.57 Å². The topological polar surface area (TPSA) is 43.6 Å². The fourth-order valence-corrected chi connectivity index (χ4v) is 10.4. The van der Waals surface area contributed by atoms with Crippen molar-refractivity contribution in [3.05, 3.63) is 241 Å². The lowest BCUT2D eigenvalue weighted by atomic mass is 9.70. The van der Waals surface area contributed by atoms with Crippen molar-refractivity contribution in [1.29, 1.82) is 0 Å². The molecule has 2 aromatic heterocycles. The molecule has 0 saturated heterocycles. The van der Waals surface area contributed by atoms with Crippen LogP contribution in [0.15, 0.2) is 218 Å². The number of rotatable bonds is 5. The number of hydrogen-bond acceptors (Lipinski definition) is 3. The lowest BCUT2D eigenvalue weighted by Gasteiger charge is -2.31. The average Bonchev–Trinajstić information content (AvgIpc) is 3.95. The van der Waals surface area contributed by atoms with Crippen LogP contribution in [0.1, 0.15) is 22.3 Å². The molecule has 4 heteroatoms. The zero-order chi connectivity index (χ0) is 40.8. The van der Waals surface area contributed by atoms with Crippen LogP contribution in [0.2, 0.25) is 0 Å². The number of benzene rings is 9. The van der Waals surface area contributed by atoms with Gasteiger partial charge in [0.05, 0.1) is 16.4 Å². The third-order valence-electron chi connectivity index (χ3n) is 13.0. The fourth-order valence-electron chi connectivity index (χ4n) is 10.4.